The quantitative estimate of drug-likeness (QED) is 0.0322. The number of unbranched alkanes of at least 4 members (excludes halogenated alkanes) is 2. The molecule has 1 heterocycles. The summed E-state index contributed by atoms with van der Waals surface area (Å²) in [6.45, 7) is 4.26. The van der Waals surface area contributed by atoms with Gasteiger partial charge in [0.1, 0.15) is 17.1 Å². The first-order valence-electron chi connectivity index (χ1n) is 14.7. The van der Waals surface area contributed by atoms with Crippen LogP contribution in [0.15, 0.2) is 63.8 Å². The van der Waals surface area contributed by atoms with Crippen molar-refractivity contribution in [1.29, 1.82) is 0 Å². The van der Waals surface area contributed by atoms with Gasteiger partial charge in [0.25, 0.3) is 0 Å². The van der Waals surface area contributed by atoms with Gasteiger partial charge >= 0.3 is 36.5 Å². The van der Waals surface area contributed by atoms with E-state index in [9.17, 15) is 49.1 Å². The molecule has 0 amide bonds. The normalized spacial score (nSPS) is 12.6. The first kappa shape index (κ1) is 39.2. The van der Waals surface area contributed by atoms with E-state index in [1.54, 1.807) is 6.07 Å². The summed E-state index contributed by atoms with van der Waals surface area (Å²) in [6, 6.07) is 8.84. The lowest BCUT2D eigenvalue weighted by Gasteiger charge is -2.26. The Labute approximate surface area is 273 Å². The number of aryl methyl sites for hydroxylation is 1. The van der Waals surface area contributed by atoms with Gasteiger partial charge < -0.3 is 18.6 Å². The number of hydrogen-bond donors (Lipinski definition) is 0. The third-order valence-corrected chi connectivity index (χ3v) is 6.51. The van der Waals surface area contributed by atoms with Gasteiger partial charge in [0.2, 0.25) is 0 Å². The molecular weight excluding hydrogens is 683 g/mol. The van der Waals surface area contributed by atoms with Crippen molar-refractivity contribution in [3.05, 3.63) is 70.6 Å². The number of hydrogen-bond acceptors (Lipinski definition) is 8. The molecule has 0 N–H and O–H groups in total. The number of ether oxygens (including phenoxy) is 5. The Balaban J connectivity index is 1.67. The summed E-state index contributed by atoms with van der Waals surface area (Å²) in [5.41, 5.74) is -1.29. The van der Waals surface area contributed by atoms with Gasteiger partial charge in [-0.25, -0.2) is 19.1 Å². The van der Waals surface area contributed by atoms with E-state index in [4.69, 9.17) is 9.15 Å². The first-order chi connectivity index (χ1) is 22.7. The Kier molecular flexibility index (Phi) is 12.8. The molecule has 270 valence electrons. The van der Waals surface area contributed by atoms with Crippen LogP contribution in [0.25, 0.3) is 22.1 Å². The fourth-order valence-electron chi connectivity index (χ4n) is 4.25. The smallest absolute Gasteiger partial charge is 0.493 e. The predicted octanol–water partition coefficient (Wildman–Crippen LogP) is 9.14. The highest BCUT2D eigenvalue weighted by Crippen LogP contribution is 2.37. The fourth-order valence-corrected chi connectivity index (χ4v) is 4.25. The van der Waals surface area contributed by atoms with Crippen LogP contribution in [-0.2, 0) is 25.4 Å². The zero-order chi connectivity index (χ0) is 36.6. The molecule has 17 heteroatoms. The van der Waals surface area contributed by atoms with Gasteiger partial charge in [-0.3, -0.25) is 0 Å². The van der Waals surface area contributed by atoms with E-state index in [1.165, 1.54) is 37.3 Å². The molecule has 49 heavy (non-hydrogen) atoms. The van der Waals surface area contributed by atoms with Crippen molar-refractivity contribution in [2.75, 3.05) is 13.2 Å². The summed E-state index contributed by atoms with van der Waals surface area (Å²) in [5, 5.41) is 0.188. The van der Waals surface area contributed by atoms with Crippen LogP contribution in [0.2, 0.25) is 0 Å². The topological polar surface area (TPSA) is 93.4 Å². The molecule has 3 aromatic rings. The average molecular weight is 715 g/mol. The zero-order valence-electron chi connectivity index (χ0n) is 26.1. The lowest BCUT2D eigenvalue weighted by Crippen LogP contribution is -2.41. The van der Waals surface area contributed by atoms with Crippen LogP contribution in [0, 0.1) is 0 Å². The van der Waals surface area contributed by atoms with Crippen molar-refractivity contribution in [3.8, 4) is 22.6 Å². The molecular formula is C32H31F9O8. The summed E-state index contributed by atoms with van der Waals surface area (Å²) in [5.74, 6) is -1.90. The second-order valence-corrected chi connectivity index (χ2v) is 10.7. The standard InChI is InChI=1S/C32H31F9O8/c1-4-5-6-7-20-8-11-23(26(16-20)47-31(37,38)39)24-17-21-9-10-22(18-25(21)46-28(24)43)44-14-12-29(33,34)48-32(40,41)49-30(35,36)13-15-45-27(42)19(2)3/h8-11,16-18H,2,4-7,12-15H2,1,3H3. The lowest BCUT2D eigenvalue weighted by molar-refractivity contribution is -0.514. The van der Waals surface area contributed by atoms with E-state index in [1.807, 2.05) is 6.92 Å². The molecule has 0 atom stereocenters. The number of esters is 1. The van der Waals surface area contributed by atoms with Crippen LogP contribution in [0.3, 0.4) is 0 Å². The fraction of sp³-hybridized carbons (Fsp3) is 0.438. The van der Waals surface area contributed by atoms with Gasteiger partial charge in [0.15, 0.2) is 0 Å². The number of halogens is 9. The SMILES string of the molecule is C=C(C)C(=O)OCCC(F)(F)OC(F)(F)OC(F)(F)CCOc1ccc2cc(-c3ccc(CCCCC)cc3OC(F)(F)F)c(=O)oc2c1. The van der Waals surface area contributed by atoms with Crippen molar-refractivity contribution in [2.24, 2.45) is 0 Å². The minimum atomic E-state index is -5.48. The number of carbonyl (C=O) groups excluding carboxylic acids is 1. The number of rotatable bonds is 18. The Hall–Kier alpha value is -4.25. The second kappa shape index (κ2) is 16.0. The maximum Gasteiger partial charge on any atom is 0.573 e. The Morgan fingerprint density at radius 1 is 0.837 bits per heavy atom. The van der Waals surface area contributed by atoms with Crippen molar-refractivity contribution in [2.45, 2.75) is 77.2 Å². The summed E-state index contributed by atoms with van der Waals surface area (Å²) in [7, 11) is 0. The van der Waals surface area contributed by atoms with Crippen LogP contribution < -0.4 is 15.1 Å². The van der Waals surface area contributed by atoms with Crippen molar-refractivity contribution in [1.82, 2.24) is 0 Å². The predicted molar refractivity (Wildman–Crippen MR) is 155 cm³/mol. The Morgan fingerprint density at radius 2 is 1.49 bits per heavy atom. The molecule has 0 spiro atoms. The summed E-state index contributed by atoms with van der Waals surface area (Å²) >= 11 is 0. The minimum absolute atomic E-state index is 0.159. The van der Waals surface area contributed by atoms with Crippen LogP contribution in [0.5, 0.6) is 11.5 Å². The molecule has 3 rings (SSSR count). The molecule has 0 unspecified atom stereocenters. The first-order valence-corrected chi connectivity index (χ1v) is 14.7. The van der Waals surface area contributed by atoms with E-state index in [2.05, 4.69) is 25.5 Å². The van der Waals surface area contributed by atoms with Crippen LogP contribution in [-0.4, -0.2) is 44.1 Å². The number of benzene rings is 2. The molecule has 0 bridgehead atoms. The van der Waals surface area contributed by atoms with Crippen molar-refractivity contribution >= 4 is 16.9 Å². The van der Waals surface area contributed by atoms with Crippen molar-refractivity contribution in [3.63, 3.8) is 0 Å². The van der Waals surface area contributed by atoms with Crippen molar-refractivity contribution < 1.29 is 72.4 Å². The summed E-state index contributed by atoms with van der Waals surface area (Å²) < 4.78 is 148. The zero-order valence-corrected chi connectivity index (χ0v) is 26.1. The number of carbonyl (C=O) groups is 1. The number of fused-ring (bicyclic) bond motifs is 1. The molecule has 0 radical (unpaired) electrons. The largest absolute Gasteiger partial charge is 0.573 e. The molecule has 0 saturated carbocycles. The molecule has 8 nitrogen and oxygen atoms in total. The second-order valence-electron chi connectivity index (χ2n) is 10.7. The number of alkyl halides is 9. The summed E-state index contributed by atoms with van der Waals surface area (Å²) in [4.78, 5) is 24.0. The van der Waals surface area contributed by atoms with Gasteiger partial charge in [-0.1, -0.05) is 38.5 Å². The molecule has 2 aromatic carbocycles. The Bertz CT molecular complexity index is 1670. The molecule has 0 saturated heterocycles. The van der Waals surface area contributed by atoms with E-state index in [0.717, 1.165) is 25.3 Å². The average Bonchev–Trinajstić information content (AvgIpc) is 2.95. The monoisotopic (exact) mass is 714 g/mol. The van der Waals surface area contributed by atoms with E-state index >= 15 is 0 Å². The van der Waals surface area contributed by atoms with Crippen LogP contribution in [0.4, 0.5) is 39.5 Å². The molecule has 1 aromatic heterocycles. The molecule has 0 aliphatic heterocycles. The maximum atomic E-state index is 14.1. The van der Waals surface area contributed by atoms with Gasteiger partial charge in [-0.15, -0.1) is 22.0 Å². The third kappa shape index (κ3) is 12.6. The third-order valence-electron chi connectivity index (χ3n) is 6.51. The molecule has 0 fully saturated rings. The molecule has 0 aliphatic carbocycles. The van der Waals surface area contributed by atoms with Crippen LogP contribution in [0.1, 0.15) is 51.5 Å². The van der Waals surface area contributed by atoms with Gasteiger partial charge in [-0.2, -0.15) is 17.6 Å². The highest BCUT2D eigenvalue weighted by atomic mass is 19.4. The minimum Gasteiger partial charge on any atom is -0.493 e. The molecule has 0 aliphatic rings. The highest BCUT2D eigenvalue weighted by Gasteiger charge is 2.52. The van der Waals surface area contributed by atoms with E-state index in [0.29, 0.717) is 12.0 Å². The Morgan fingerprint density at radius 3 is 2.10 bits per heavy atom. The highest BCUT2D eigenvalue weighted by molar-refractivity contribution is 5.87. The van der Waals surface area contributed by atoms with E-state index in [-0.39, 0.29) is 33.4 Å². The lowest BCUT2D eigenvalue weighted by atomic mass is 10.00. The maximum absolute atomic E-state index is 14.1. The van der Waals surface area contributed by atoms with Gasteiger partial charge in [-0.05, 0) is 49.6 Å². The van der Waals surface area contributed by atoms with E-state index < -0.39 is 68.3 Å². The van der Waals surface area contributed by atoms with Gasteiger partial charge in [0.05, 0.1) is 31.6 Å². The summed E-state index contributed by atoms with van der Waals surface area (Å²) in [6.07, 6.45) is -20.2. The van der Waals surface area contributed by atoms with Gasteiger partial charge in [0, 0.05) is 22.6 Å². The van der Waals surface area contributed by atoms with Crippen LogP contribution >= 0.6 is 0 Å².